The maximum atomic E-state index is 12.9. The smallest absolute Gasteiger partial charge is 0.249 e. The van der Waals surface area contributed by atoms with Crippen LogP contribution in [0.15, 0.2) is 24.3 Å². The molecule has 1 aliphatic rings. The van der Waals surface area contributed by atoms with Gasteiger partial charge in [0.25, 0.3) is 0 Å². The van der Waals surface area contributed by atoms with Crippen molar-refractivity contribution in [3.63, 3.8) is 0 Å². The van der Waals surface area contributed by atoms with Gasteiger partial charge in [0.15, 0.2) is 0 Å². The molecular formula is C12H14F2O. The van der Waals surface area contributed by atoms with Gasteiger partial charge in [0.1, 0.15) is 0 Å². The van der Waals surface area contributed by atoms with Crippen LogP contribution in [0.1, 0.15) is 30.9 Å². The Morgan fingerprint density at radius 2 is 1.93 bits per heavy atom. The monoisotopic (exact) mass is 212 g/mol. The average Bonchev–Trinajstić information content (AvgIpc) is 2.83. The molecule has 3 heteroatoms. The van der Waals surface area contributed by atoms with E-state index in [0.717, 1.165) is 6.92 Å². The van der Waals surface area contributed by atoms with Crippen molar-refractivity contribution in [3.8, 4) is 0 Å². The number of rotatable bonds is 3. The van der Waals surface area contributed by atoms with Crippen molar-refractivity contribution < 1.29 is 13.9 Å². The second kappa shape index (κ2) is 3.27. The van der Waals surface area contributed by atoms with Crippen LogP contribution in [-0.4, -0.2) is 11.0 Å². The summed E-state index contributed by atoms with van der Waals surface area (Å²) in [5.41, 5.74) is 0.401. The van der Waals surface area contributed by atoms with Gasteiger partial charge in [0.2, 0.25) is 5.92 Å². The third-order valence-electron chi connectivity index (χ3n) is 2.74. The van der Waals surface area contributed by atoms with E-state index in [1.165, 1.54) is 0 Å². The molecule has 1 nitrogen and oxygen atoms in total. The van der Waals surface area contributed by atoms with Gasteiger partial charge in [-0.25, -0.2) is 8.78 Å². The lowest BCUT2D eigenvalue weighted by molar-refractivity contribution is 0.0216. The summed E-state index contributed by atoms with van der Waals surface area (Å²) in [4.78, 5) is 0. The number of alkyl halides is 2. The van der Waals surface area contributed by atoms with Crippen molar-refractivity contribution in [1.29, 1.82) is 0 Å². The predicted molar refractivity (Wildman–Crippen MR) is 53.9 cm³/mol. The first-order chi connectivity index (χ1) is 6.91. The summed E-state index contributed by atoms with van der Waals surface area (Å²) in [6.07, 6.45) is 1.06. The van der Waals surface area contributed by atoms with Gasteiger partial charge in [-0.3, -0.25) is 0 Å². The van der Waals surface area contributed by atoms with Crippen molar-refractivity contribution in [3.05, 3.63) is 35.4 Å². The fourth-order valence-corrected chi connectivity index (χ4v) is 1.85. The molecule has 0 aliphatic heterocycles. The molecule has 0 bridgehead atoms. The summed E-state index contributed by atoms with van der Waals surface area (Å²) < 4.78 is 25.8. The predicted octanol–water partition coefficient (Wildman–Crippen LogP) is 2.87. The molecule has 0 spiro atoms. The van der Waals surface area contributed by atoms with Gasteiger partial charge in [-0.05, 0) is 30.9 Å². The Morgan fingerprint density at radius 1 is 1.33 bits per heavy atom. The molecule has 0 heterocycles. The molecule has 0 unspecified atom stereocenters. The Morgan fingerprint density at radius 3 is 2.47 bits per heavy atom. The van der Waals surface area contributed by atoms with Crippen LogP contribution in [0.5, 0.6) is 0 Å². The molecule has 1 aromatic carbocycles. The number of hydrogen-bond acceptors (Lipinski definition) is 1. The fourth-order valence-electron chi connectivity index (χ4n) is 1.85. The summed E-state index contributed by atoms with van der Waals surface area (Å²) in [6, 6.07) is 6.93. The van der Waals surface area contributed by atoms with Crippen LogP contribution < -0.4 is 0 Å². The molecule has 0 radical (unpaired) electrons. The third kappa shape index (κ3) is 2.34. The lowest BCUT2D eigenvalue weighted by atomic mass is 9.96. The second-order valence-electron chi connectivity index (χ2n) is 4.44. The van der Waals surface area contributed by atoms with E-state index in [0.29, 0.717) is 24.0 Å². The zero-order chi connectivity index (χ0) is 11.1. The molecule has 1 N–H and O–H groups in total. The largest absolute Gasteiger partial charge is 0.385 e. The second-order valence-corrected chi connectivity index (χ2v) is 4.44. The van der Waals surface area contributed by atoms with E-state index >= 15 is 0 Å². The maximum absolute atomic E-state index is 12.9. The number of halogens is 2. The summed E-state index contributed by atoms with van der Waals surface area (Å²) in [6.45, 7) is 0.903. The Labute approximate surface area is 87.7 Å². The van der Waals surface area contributed by atoms with Gasteiger partial charge in [0.05, 0.1) is 5.60 Å². The summed E-state index contributed by atoms with van der Waals surface area (Å²) in [7, 11) is 0. The normalized spacial score (nSPS) is 18.9. The minimum absolute atomic E-state index is 0.300. The van der Waals surface area contributed by atoms with Crippen molar-refractivity contribution in [2.45, 2.75) is 37.7 Å². The van der Waals surface area contributed by atoms with Gasteiger partial charge in [-0.2, -0.15) is 0 Å². The minimum Gasteiger partial charge on any atom is -0.385 e. The highest BCUT2D eigenvalue weighted by molar-refractivity contribution is 5.36. The molecule has 1 aliphatic carbocycles. The zero-order valence-corrected chi connectivity index (χ0v) is 8.63. The van der Waals surface area contributed by atoms with E-state index in [1.54, 1.807) is 24.3 Å². The first-order valence-electron chi connectivity index (χ1n) is 5.09. The molecule has 1 aromatic rings. The molecule has 15 heavy (non-hydrogen) atoms. The molecule has 0 saturated heterocycles. The molecule has 0 amide bonds. The molecule has 1 fully saturated rings. The standard InChI is InChI=1S/C12H14F2O/c1-11(13,14)8-9-4-2-3-5-10(9)12(15)6-7-12/h2-5,15H,6-8H2,1H3. The van der Waals surface area contributed by atoms with Gasteiger partial charge in [-0.1, -0.05) is 24.3 Å². The first-order valence-corrected chi connectivity index (χ1v) is 5.09. The van der Waals surface area contributed by atoms with Crippen LogP contribution in [0.25, 0.3) is 0 Å². The van der Waals surface area contributed by atoms with E-state index in [2.05, 4.69) is 0 Å². The SMILES string of the molecule is CC(F)(F)Cc1ccccc1C1(O)CC1. The third-order valence-corrected chi connectivity index (χ3v) is 2.74. The van der Waals surface area contributed by atoms with E-state index < -0.39 is 11.5 Å². The Hall–Kier alpha value is -0.960. The minimum atomic E-state index is -2.72. The van der Waals surface area contributed by atoms with E-state index in [9.17, 15) is 13.9 Å². The lowest BCUT2D eigenvalue weighted by Gasteiger charge is -2.17. The summed E-state index contributed by atoms with van der Waals surface area (Å²) in [5, 5.41) is 9.93. The number of aliphatic hydroxyl groups is 1. The van der Waals surface area contributed by atoms with Crippen LogP contribution in [0.4, 0.5) is 8.78 Å². The van der Waals surface area contributed by atoms with Gasteiger partial charge in [0, 0.05) is 6.42 Å². The Kier molecular flexibility index (Phi) is 2.30. The first kappa shape index (κ1) is 10.6. The fraction of sp³-hybridized carbons (Fsp3) is 0.500. The van der Waals surface area contributed by atoms with Crippen LogP contribution in [0.2, 0.25) is 0 Å². The highest BCUT2D eigenvalue weighted by Gasteiger charge is 2.44. The summed E-state index contributed by atoms with van der Waals surface area (Å²) >= 11 is 0. The molecule has 2 rings (SSSR count). The molecular weight excluding hydrogens is 198 g/mol. The van der Waals surface area contributed by atoms with Crippen LogP contribution >= 0.6 is 0 Å². The topological polar surface area (TPSA) is 20.2 Å². The van der Waals surface area contributed by atoms with Crippen LogP contribution in [0.3, 0.4) is 0 Å². The Balaban J connectivity index is 2.31. The Bertz CT molecular complexity index is 364. The van der Waals surface area contributed by atoms with E-state index in [4.69, 9.17) is 0 Å². The molecule has 82 valence electrons. The van der Waals surface area contributed by atoms with Gasteiger partial charge in [-0.15, -0.1) is 0 Å². The zero-order valence-electron chi connectivity index (χ0n) is 8.63. The highest BCUT2D eigenvalue weighted by atomic mass is 19.3. The van der Waals surface area contributed by atoms with Crippen molar-refractivity contribution in [2.24, 2.45) is 0 Å². The van der Waals surface area contributed by atoms with Crippen LogP contribution in [0, 0.1) is 0 Å². The maximum Gasteiger partial charge on any atom is 0.249 e. The van der Waals surface area contributed by atoms with Crippen molar-refractivity contribution in [2.75, 3.05) is 0 Å². The number of benzene rings is 1. The van der Waals surface area contributed by atoms with E-state index in [1.807, 2.05) is 0 Å². The summed E-state index contributed by atoms with van der Waals surface area (Å²) in [5.74, 6) is -2.72. The quantitative estimate of drug-likeness (QED) is 0.816. The van der Waals surface area contributed by atoms with E-state index in [-0.39, 0.29) is 6.42 Å². The van der Waals surface area contributed by atoms with Gasteiger partial charge < -0.3 is 5.11 Å². The lowest BCUT2D eigenvalue weighted by Crippen LogP contribution is -2.17. The van der Waals surface area contributed by atoms with Crippen LogP contribution in [-0.2, 0) is 12.0 Å². The average molecular weight is 212 g/mol. The highest BCUT2D eigenvalue weighted by Crippen LogP contribution is 2.47. The van der Waals surface area contributed by atoms with Gasteiger partial charge >= 0.3 is 0 Å². The molecule has 0 aromatic heterocycles. The van der Waals surface area contributed by atoms with Crippen molar-refractivity contribution >= 4 is 0 Å². The van der Waals surface area contributed by atoms with Crippen molar-refractivity contribution in [1.82, 2.24) is 0 Å². The molecule has 1 saturated carbocycles. The number of hydrogen-bond donors (Lipinski definition) is 1. The molecule has 0 atom stereocenters.